The van der Waals surface area contributed by atoms with Gasteiger partial charge >= 0.3 is 0 Å². The van der Waals surface area contributed by atoms with Gasteiger partial charge < -0.3 is 14.7 Å². The van der Waals surface area contributed by atoms with Gasteiger partial charge in [-0.1, -0.05) is 25.1 Å². The van der Waals surface area contributed by atoms with Crippen LogP contribution >= 0.6 is 0 Å². The normalized spacial score (nSPS) is 18.6. The van der Waals surface area contributed by atoms with Gasteiger partial charge in [-0.15, -0.1) is 0 Å². The van der Waals surface area contributed by atoms with Crippen LogP contribution in [0.15, 0.2) is 61.1 Å². The molecule has 1 amide bonds. The van der Waals surface area contributed by atoms with Gasteiger partial charge in [-0.05, 0) is 49.4 Å². The van der Waals surface area contributed by atoms with Gasteiger partial charge in [0.1, 0.15) is 11.7 Å². The van der Waals surface area contributed by atoms with E-state index >= 15 is 0 Å². The number of carbonyl (C=O) groups excluding carboxylic acids is 1. The fourth-order valence-electron chi connectivity index (χ4n) is 4.39. The van der Waals surface area contributed by atoms with Crippen LogP contribution in [0.3, 0.4) is 0 Å². The van der Waals surface area contributed by atoms with Gasteiger partial charge in [-0.2, -0.15) is 5.26 Å². The summed E-state index contributed by atoms with van der Waals surface area (Å²) in [4.78, 5) is 26.3. The monoisotopic (exact) mass is 485 g/mol. The Hall–Kier alpha value is -3.80. The molecule has 0 saturated heterocycles. The first-order valence-corrected chi connectivity index (χ1v) is 12.1. The van der Waals surface area contributed by atoms with Crippen LogP contribution in [0.1, 0.15) is 35.3 Å². The molecule has 1 aromatic carbocycles. The van der Waals surface area contributed by atoms with E-state index < -0.39 is 0 Å². The average molecular weight is 486 g/mol. The topological polar surface area (TPSA) is 103 Å². The van der Waals surface area contributed by atoms with Gasteiger partial charge in [-0.25, -0.2) is 4.98 Å². The van der Waals surface area contributed by atoms with Crippen LogP contribution < -0.4 is 4.74 Å². The number of rotatable bonds is 7. The number of aromatic nitrogens is 2. The van der Waals surface area contributed by atoms with Crippen molar-refractivity contribution in [3.8, 4) is 23.1 Å². The Labute approximate surface area is 211 Å². The number of likely N-dealkylation sites (N-methyl/N-ethyl adjacent to an activating group) is 1. The molecule has 0 radical (unpaired) electrons. The van der Waals surface area contributed by atoms with Gasteiger partial charge in [0.05, 0.1) is 24.3 Å². The molecule has 1 aliphatic heterocycles. The maximum absolute atomic E-state index is 13.6. The highest BCUT2D eigenvalue weighted by molar-refractivity contribution is 5.98. The summed E-state index contributed by atoms with van der Waals surface area (Å²) in [6.45, 7) is 5.56. The highest BCUT2D eigenvalue weighted by atomic mass is 16.5. The number of amides is 1. The SMILES string of the molecule is C[C@@H]1CN([C@H](C)CO)C(=O)c2cc(-c3ccc(C#N)cc3)cnc2O[C@H]1CN(C)Cc1cccnc1. The molecule has 3 heterocycles. The van der Waals surface area contributed by atoms with Crippen molar-refractivity contribution < 1.29 is 14.6 Å². The van der Waals surface area contributed by atoms with Crippen molar-refractivity contribution in [2.24, 2.45) is 5.92 Å². The van der Waals surface area contributed by atoms with Gasteiger partial charge in [-0.3, -0.25) is 14.7 Å². The first-order chi connectivity index (χ1) is 17.4. The Bertz CT molecular complexity index is 1230. The number of ether oxygens (including phenoxy) is 1. The fraction of sp³-hybridized carbons (Fsp3) is 0.357. The Morgan fingerprint density at radius 3 is 2.69 bits per heavy atom. The zero-order valence-corrected chi connectivity index (χ0v) is 20.8. The van der Waals surface area contributed by atoms with Gasteiger partial charge in [0, 0.05) is 49.7 Å². The van der Waals surface area contributed by atoms with Crippen LogP contribution in [0.25, 0.3) is 11.1 Å². The van der Waals surface area contributed by atoms with Crippen molar-refractivity contribution in [3.63, 3.8) is 0 Å². The molecule has 0 aliphatic carbocycles. The molecule has 8 nitrogen and oxygen atoms in total. The molecular formula is C28H31N5O3. The average Bonchev–Trinajstić information content (AvgIpc) is 2.90. The van der Waals surface area contributed by atoms with Crippen LogP contribution in [0.4, 0.5) is 0 Å². The van der Waals surface area contributed by atoms with E-state index in [1.54, 1.807) is 35.5 Å². The zero-order valence-electron chi connectivity index (χ0n) is 20.8. The number of aliphatic hydroxyl groups excluding tert-OH is 1. The standard InChI is InChI=1S/C28H31N5O3/c1-19-15-33(20(2)18-34)28(35)25-11-24(23-8-6-21(12-29)7-9-23)14-31-27(25)36-26(19)17-32(3)16-22-5-4-10-30-13-22/h4-11,13-14,19-20,26,34H,15-18H2,1-3H3/t19-,20-,26+/m1/s1. The van der Waals surface area contributed by atoms with Crippen molar-refractivity contribution in [2.75, 3.05) is 26.7 Å². The Morgan fingerprint density at radius 2 is 2.03 bits per heavy atom. The van der Waals surface area contributed by atoms with Gasteiger partial charge in [0.2, 0.25) is 5.88 Å². The van der Waals surface area contributed by atoms with E-state index in [-0.39, 0.29) is 30.6 Å². The Kier molecular flexibility index (Phi) is 7.93. The fourth-order valence-corrected chi connectivity index (χ4v) is 4.39. The third kappa shape index (κ3) is 5.70. The van der Waals surface area contributed by atoms with Crippen LogP contribution in [-0.2, 0) is 6.54 Å². The first-order valence-electron chi connectivity index (χ1n) is 12.1. The van der Waals surface area contributed by atoms with E-state index in [0.29, 0.717) is 36.6 Å². The predicted octanol–water partition coefficient (Wildman–Crippen LogP) is 3.37. The Morgan fingerprint density at radius 1 is 1.25 bits per heavy atom. The largest absolute Gasteiger partial charge is 0.472 e. The van der Waals surface area contributed by atoms with Gasteiger partial charge in [0.15, 0.2) is 0 Å². The lowest BCUT2D eigenvalue weighted by Gasteiger charge is -2.37. The molecule has 4 rings (SSSR count). The summed E-state index contributed by atoms with van der Waals surface area (Å²) in [6, 6.07) is 14.7. The molecule has 2 aromatic heterocycles. The van der Waals surface area contributed by atoms with E-state index in [0.717, 1.165) is 16.7 Å². The van der Waals surface area contributed by atoms with Crippen molar-refractivity contribution in [2.45, 2.75) is 32.5 Å². The summed E-state index contributed by atoms with van der Waals surface area (Å²) in [5.74, 6) is 0.0786. The maximum atomic E-state index is 13.6. The second-order valence-corrected chi connectivity index (χ2v) is 9.45. The number of nitriles is 1. The summed E-state index contributed by atoms with van der Waals surface area (Å²) in [7, 11) is 2.03. The first kappa shape index (κ1) is 25.3. The summed E-state index contributed by atoms with van der Waals surface area (Å²) in [6.07, 6.45) is 5.08. The molecule has 1 aliphatic rings. The number of fused-ring (bicyclic) bond motifs is 1. The molecular weight excluding hydrogens is 454 g/mol. The minimum atomic E-state index is -0.349. The number of benzene rings is 1. The quantitative estimate of drug-likeness (QED) is 0.547. The van der Waals surface area contributed by atoms with E-state index in [1.165, 1.54) is 0 Å². The molecule has 0 unspecified atom stereocenters. The lowest BCUT2D eigenvalue weighted by Crippen LogP contribution is -2.49. The molecule has 3 aromatic rings. The molecule has 36 heavy (non-hydrogen) atoms. The highest BCUT2D eigenvalue weighted by Gasteiger charge is 2.34. The van der Waals surface area contributed by atoms with Crippen molar-refractivity contribution in [1.29, 1.82) is 5.26 Å². The zero-order chi connectivity index (χ0) is 25.7. The summed E-state index contributed by atoms with van der Waals surface area (Å²) in [5, 5.41) is 19.0. The third-order valence-electron chi connectivity index (χ3n) is 6.54. The van der Waals surface area contributed by atoms with E-state index in [1.807, 2.05) is 44.4 Å². The molecule has 0 bridgehead atoms. The molecule has 1 N–H and O–H groups in total. The molecule has 0 saturated carbocycles. The summed E-state index contributed by atoms with van der Waals surface area (Å²) < 4.78 is 6.40. The van der Waals surface area contributed by atoms with E-state index in [9.17, 15) is 9.90 Å². The minimum absolute atomic E-state index is 0.00690. The van der Waals surface area contributed by atoms with Gasteiger partial charge in [0.25, 0.3) is 5.91 Å². The number of hydrogen-bond acceptors (Lipinski definition) is 7. The van der Waals surface area contributed by atoms with Crippen molar-refractivity contribution in [1.82, 2.24) is 19.8 Å². The number of pyridine rings is 2. The van der Waals surface area contributed by atoms with Crippen molar-refractivity contribution in [3.05, 3.63) is 77.7 Å². The number of hydrogen-bond donors (Lipinski definition) is 1. The summed E-state index contributed by atoms with van der Waals surface area (Å²) >= 11 is 0. The summed E-state index contributed by atoms with van der Waals surface area (Å²) in [5.41, 5.74) is 3.64. The van der Waals surface area contributed by atoms with Crippen LogP contribution in [0.5, 0.6) is 5.88 Å². The number of carbonyl (C=O) groups is 1. The number of aliphatic hydroxyl groups is 1. The van der Waals surface area contributed by atoms with E-state index in [4.69, 9.17) is 10.00 Å². The second kappa shape index (κ2) is 11.3. The molecule has 0 spiro atoms. The minimum Gasteiger partial charge on any atom is -0.472 e. The smallest absolute Gasteiger partial charge is 0.259 e. The van der Waals surface area contributed by atoms with Crippen molar-refractivity contribution >= 4 is 5.91 Å². The second-order valence-electron chi connectivity index (χ2n) is 9.45. The van der Waals surface area contributed by atoms with Crippen LogP contribution in [0, 0.1) is 17.2 Å². The highest BCUT2D eigenvalue weighted by Crippen LogP contribution is 2.30. The van der Waals surface area contributed by atoms with Crippen LogP contribution in [-0.4, -0.2) is 69.7 Å². The Balaban J connectivity index is 1.66. The lowest BCUT2D eigenvalue weighted by atomic mass is 9.99. The molecule has 0 fully saturated rings. The van der Waals surface area contributed by atoms with Crippen LogP contribution in [0.2, 0.25) is 0 Å². The lowest BCUT2D eigenvalue weighted by molar-refractivity contribution is 0.0325. The predicted molar refractivity (Wildman–Crippen MR) is 136 cm³/mol. The molecule has 186 valence electrons. The molecule has 3 atom stereocenters. The third-order valence-corrected chi connectivity index (χ3v) is 6.54. The van der Waals surface area contributed by atoms with E-state index in [2.05, 4.69) is 27.9 Å². The maximum Gasteiger partial charge on any atom is 0.259 e. The number of nitrogens with zero attached hydrogens (tertiary/aromatic N) is 5. The molecule has 8 heteroatoms.